The van der Waals surface area contributed by atoms with E-state index in [0.29, 0.717) is 6.04 Å². The molecule has 0 bridgehead atoms. The number of aromatic nitrogens is 5. The molecule has 2 aromatic heterocycles. The molecule has 28 heavy (non-hydrogen) atoms. The topological polar surface area (TPSA) is 66.2 Å². The van der Waals surface area contributed by atoms with Gasteiger partial charge in [-0.25, -0.2) is 4.98 Å². The third kappa shape index (κ3) is 2.77. The van der Waals surface area contributed by atoms with E-state index in [1.54, 1.807) is 0 Å². The fourth-order valence-electron chi connectivity index (χ4n) is 5.02. The number of fused-ring (bicyclic) bond motifs is 3. The molecule has 1 aliphatic carbocycles. The largest absolute Gasteiger partial charge is 0.341 e. The van der Waals surface area contributed by atoms with E-state index in [1.807, 2.05) is 13.1 Å². The highest BCUT2D eigenvalue weighted by Gasteiger charge is 2.39. The van der Waals surface area contributed by atoms with Crippen LogP contribution in [0.4, 0.5) is 11.8 Å². The minimum atomic E-state index is 0.229. The Bertz CT molecular complexity index is 848. The van der Waals surface area contributed by atoms with E-state index in [9.17, 15) is 0 Å². The molecule has 8 heteroatoms. The molecular formula is C20H30N8. The van der Waals surface area contributed by atoms with Crippen LogP contribution >= 0.6 is 0 Å². The van der Waals surface area contributed by atoms with E-state index >= 15 is 0 Å². The number of aryl methyl sites for hydroxylation is 1. The molecule has 0 N–H and O–H groups in total. The summed E-state index contributed by atoms with van der Waals surface area (Å²) >= 11 is 0. The van der Waals surface area contributed by atoms with E-state index < -0.39 is 0 Å². The maximum Gasteiger partial charge on any atom is 0.227 e. The maximum atomic E-state index is 5.15. The molecule has 0 radical (unpaired) electrons. The lowest BCUT2D eigenvalue weighted by atomic mass is 10.0. The number of nitrogens with zero attached hydrogens (tertiary/aromatic N) is 8. The summed E-state index contributed by atoms with van der Waals surface area (Å²) in [5, 5.41) is 8.94. The van der Waals surface area contributed by atoms with Crippen molar-refractivity contribution >= 4 is 11.8 Å². The SMILES string of the molecule is CC[C@@H]1c2nnc(C)n2-c2cnc(N3CCN(C)CC3)nc2N1C1CCCC1. The van der Waals surface area contributed by atoms with Gasteiger partial charge in [0.25, 0.3) is 0 Å². The number of piperazine rings is 1. The quantitative estimate of drug-likeness (QED) is 0.807. The maximum absolute atomic E-state index is 5.15. The summed E-state index contributed by atoms with van der Waals surface area (Å²) in [6.45, 7) is 8.33. The molecule has 0 spiro atoms. The highest BCUT2D eigenvalue weighted by molar-refractivity contribution is 5.64. The summed E-state index contributed by atoms with van der Waals surface area (Å²) in [5.41, 5.74) is 1.03. The average molecular weight is 383 g/mol. The Morgan fingerprint density at radius 1 is 1.07 bits per heavy atom. The van der Waals surface area contributed by atoms with Crippen molar-refractivity contribution in [2.75, 3.05) is 43.0 Å². The molecule has 1 atom stereocenters. The summed E-state index contributed by atoms with van der Waals surface area (Å²) in [7, 11) is 2.18. The molecule has 1 saturated carbocycles. The van der Waals surface area contributed by atoms with Gasteiger partial charge in [0.05, 0.1) is 12.2 Å². The molecule has 3 aliphatic rings. The van der Waals surface area contributed by atoms with Crippen LogP contribution in [0.15, 0.2) is 6.20 Å². The second-order valence-electron chi connectivity index (χ2n) is 8.38. The molecule has 2 aromatic rings. The van der Waals surface area contributed by atoms with E-state index in [4.69, 9.17) is 9.97 Å². The Balaban J connectivity index is 1.61. The summed E-state index contributed by atoms with van der Waals surface area (Å²) in [6, 6.07) is 0.761. The predicted molar refractivity (Wildman–Crippen MR) is 109 cm³/mol. The van der Waals surface area contributed by atoms with Gasteiger partial charge >= 0.3 is 0 Å². The first-order valence-electron chi connectivity index (χ1n) is 10.7. The van der Waals surface area contributed by atoms with Crippen LogP contribution in [0.2, 0.25) is 0 Å². The molecule has 0 unspecified atom stereocenters. The van der Waals surface area contributed by atoms with Crippen LogP contribution in [0.1, 0.15) is 56.7 Å². The average Bonchev–Trinajstić information content (AvgIpc) is 3.37. The van der Waals surface area contributed by atoms with Crippen LogP contribution in [0, 0.1) is 6.92 Å². The first kappa shape index (κ1) is 17.8. The third-order valence-electron chi connectivity index (χ3n) is 6.60. The Morgan fingerprint density at radius 2 is 1.82 bits per heavy atom. The van der Waals surface area contributed by atoms with Gasteiger partial charge in [-0.3, -0.25) is 4.57 Å². The van der Waals surface area contributed by atoms with Crippen LogP contribution in [0.3, 0.4) is 0 Å². The Hall–Kier alpha value is -2.22. The van der Waals surface area contributed by atoms with Crippen molar-refractivity contribution < 1.29 is 0 Å². The summed E-state index contributed by atoms with van der Waals surface area (Å²) in [6.07, 6.45) is 8.06. The van der Waals surface area contributed by atoms with Crippen LogP contribution in [0.5, 0.6) is 0 Å². The van der Waals surface area contributed by atoms with Gasteiger partial charge in [0.15, 0.2) is 11.6 Å². The molecule has 5 rings (SSSR count). The van der Waals surface area contributed by atoms with Crippen LogP contribution < -0.4 is 9.80 Å². The van der Waals surface area contributed by atoms with Crippen molar-refractivity contribution in [2.24, 2.45) is 0 Å². The van der Waals surface area contributed by atoms with Crippen molar-refractivity contribution in [2.45, 2.75) is 58.0 Å². The lowest BCUT2D eigenvalue weighted by molar-refractivity contribution is 0.311. The summed E-state index contributed by atoms with van der Waals surface area (Å²) < 4.78 is 2.17. The van der Waals surface area contributed by atoms with Crippen molar-refractivity contribution in [1.29, 1.82) is 0 Å². The van der Waals surface area contributed by atoms with E-state index in [1.165, 1.54) is 25.7 Å². The second-order valence-corrected chi connectivity index (χ2v) is 8.38. The van der Waals surface area contributed by atoms with Gasteiger partial charge in [0.2, 0.25) is 5.95 Å². The molecule has 1 saturated heterocycles. The van der Waals surface area contributed by atoms with Crippen molar-refractivity contribution in [1.82, 2.24) is 29.6 Å². The minimum Gasteiger partial charge on any atom is -0.341 e. The summed E-state index contributed by atoms with van der Waals surface area (Å²) in [5.74, 6) is 3.88. The lowest BCUT2D eigenvalue weighted by Gasteiger charge is -2.41. The van der Waals surface area contributed by atoms with Crippen molar-refractivity contribution in [3.63, 3.8) is 0 Å². The lowest BCUT2D eigenvalue weighted by Crippen LogP contribution is -2.46. The zero-order valence-corrected chi connectivity index (χ0v) is 17.2. The van der Waals surface area contributed by atoms with Gasteiger partial charge in [0, 0.05) is 32.2 Å². The van der Waals surface area contributed by atoms with Gasteiger partial charge in [-0.2, -0.15) is 4.98 Å². The van der Waals surface area contributed by atoms with E-state index in [-0.39, 0.29) is 6.04 Å². The van der Waals surface area contributed by atoms with Crippen LogP contribution in [0.25, 0.3) is 5.69 Å². The van der Waals surface area contributed by atoms with E-state index in [0.717, 1.165) is 61.7 Å². The molecule has 0 amide bonds. The predicted octanol–water partition coefficient (Wildman–Crippen LogP) is 2.33. The van der Waals surface area contributed by atoms with Crippen molar-refractivity contribution in [3.8, 4) is 5.69 Å². The molecule has 2 fully saturated rings. The van der Waals surface area contributed by atoms with Crippen LogP contribution in [-0.2, 0) is 0 Å². The Kier molecular flexibility index (Phi) is 4.45. The zero-order valence-electron chi connectivity index (χ0n) is 17.2. The Morgan fingerprint density at radius 3 is 2.54 bits per heavy atom. The monoisotopic (exact) mass is 382 g/mol. The van der Waals surface area contributed by atoms with Gasteiger partial charge in [-0.1, -0.05) is 19.8 Å². The number of anilines is 2. The standard InChI is InChI=1S/C20H30N8/c1-4-16-19-24-23-14(2)27(19)17-13-21-20(26-11-9-25(3)10-12-26)22-18(17)28(16)15-7-5-6-8-15/h13,15-16H,4-12H2,1-3H3/t16-/m1/s1. The smallest absolute Gasteiger partial charge is 0.227 e. The second kappa shape index (κ2) is 6.99. The Labute approximate surface area is 166 Å². The third-order valence-corrected chi connectivity index (χ3v) is 6.60. The molecule has 4 heterocycles. The van der Waals surface area contributed by atoms with Crippen molar-refractivity contribution in [3.05, 3.63) is 17.8 Å². The molecule has 0 aromatic carbocycles. The first-order chi connectivity index (χ1) is 13.7. The zero-order chi connectivity index (χ0) is 19.3. The van der Waals surface area contributed by atoms with E-state index in [2.05, 4.69) is 43.4 Å². The number of rotatable bonds is 3. The van der Waals surface area contributed by atoms with Crippen LogP contribution in [-0.4, -0.2) is 68.9 Å². The first-order valence-corrected chi connectivity index (χ1v) is 10.7. The number of hydrogen-bond acceptors (Lipinski definition) is 7. The molecule has 2 aliphatic heterocycles. The highest BCUT2D eigenvalue weighted by atomic mass is 15.4. The summed E-state index contributed by atoms with van der Waals surface area (Å²) in [4.78, 5) is 17.1. The molecule has 8 nitrogen and oxygen atoms in total. The van der Waals surface area contributed by atoms with Gasteiger partial charge in [0.1, 0.15) is 11.5 Å². The van der Waals surface area contributed by atoms with Gasteiger partial charge < -0.3 is 14.7 Å². The van der Waals surface area contributed by atoms with Gasteiger partial charge in [-0.15, -0.1) is 10.2 Å². The normalized spacial score (nSPS) is 23.2. The highest BCUT2D eigenvalue weighted by Crippen LogP contribution is 2.43. The number of hydrogen-bond donors (Lipinski definition) is 0. The molecule has 150 valence electrons. The van der Waals surface area contributed by atoms with Gasteiger partial charge in [-0.05, 0) is 33.2 Å². The number of likely N-dealkylation sites (N-methyl/N-ethyl adjacent to an activating group) is 1. The molecular weight excluding hydrogens is 352 g/mol. The fourth-order valence-corrected chi connectivity index (χ4v) is 5.02. The minimum absolute atomic E-state index is 0.229. The fraction of sp³-hybridized carbons (Fsp3) is 0.700.